The van der Waals surface area contributed by atoms with Gasteiger partial charge in [0.05, 0.1) is 11.4 Å². The predicted octanol–water partition coefficient (Wildman–Crippen LogP) is 7.06. The molecule has 0 saturated heterocycles. The quantitative estimate of drug-likeness (QED) is 0.433. The first-order valence-corrected chi connectivity index (χ1v) is 9.15. The number of halogens is 2. The van der Waals surface area contributed by atoms with Crippen LogP contribution in [0.4, 0.5) is 0 Å². The van der Waals surface area contributed by atoms with E-state index < -0.39 is 0 Å². The van der Waals surface area contributed by atoms with Crippen LogP contribution in [0.25, 0.3) is 22.5 Å². The second kappa shape index (κ2) is 6.98. The summed E-state index contributed by atoms with van der Waals surface area (Å²) in [5.74, 6) is 0.460. The van der Waals surface area contributed by atoms with Crippen molar-refractivity contribution in [2.45, 2.75) is 19.8 Å². The molecule has 3 rings (SSSR count). The minimum absolute atomic E-state index is 0.460. The van der Waals surface area contributed by atoms with Gasteiger partial charge in [-0.15, -0.1) is 0 Å². The summed E-state index contributed by atoms with van der Waals surface area (Å²) in [6.07, 6.45) is 0. The average molecular weight is 431 g/mol. The number of hydrogen-bond donors (Lipinski definition) is 0. The summed E-state index contributed by atoms with van der Waals surface area (Å²) >= 11 is 6.98. The molecule has 0 spiro atoms. The van der Waals surface area contributed by atoms with Crippen molar-refractivity contribution in [1.29, 1.82) is 0 Å². The Morgan fingerprint density at radius 1 is 0.696 bits per heavy atom. The van der Waals surface area contributed by atoms with E-state index >= 15 is 0 Å². The van der Waals surface area contributed by atoms with Crippen LogP contribution < -0.4 is 0 Å². The number of nitrogens with zero attached hydrogens (tertiary/aromatic N) is 1. The van der Waals surface area contributed by atoms with Crippen molar-refractivity contribution in [3.63, 3.8) is 0 Å². The van der Waals surface area contributed by atoms with Crippen molar-refractivity contribution < 1.29 is 0 Å². The van der Waals surface area contributed by atoms with Gasteiger partial charge in [-0.1, -0.05) is 70.0 Å². The minimum atomic E-state index is 0.460. The maximum atomic E-state index is 4.89. The van der Waals surface area contributed by atoms with Crippen molar-refractivity contribution in [2.24, 2.45) is 0 Å². The molecule has 1 aromatic heterocycles. The Morgan fingerprint density at radius 3 is 1.43 bits per heavy atom. The maximum absolute atomic E-state index is 4.89. The molecule has 0 N–H and O–H groups in total. The minimum Gasteiger partial charge on any atom is -0.248 e. The van der Waals surface area contributed by atoms with Crippen LogP contribution in [-0.4, -0.2) is 4.98 Å². The van der Waals surface area contributed by atoms with E-state index in [0.29, 0.717) is 5.92 Å². The van der Waals surface area contributed by atoms with Crippen LogP contribution in [0.5, 0.6) is 0 Å². The molecule has 23 heavy (non-hydrogen) atoms. The van der Waals surface area contributed by atoms with Gasteiger partial charge < -0.3 is 0 Å². The molecule has 3 aromatic rings. The number of pyridine rings is 1. The molecule has 1 nitrogen and oxygen atoms in total. The summed E-state index contributed by atoms with van der Waals surface area (Å²) in [5.41, 5.74) is 5.60. The lowest BCUT2D eigenvalue weighted by Crippen LogP contribution is -1.95. The lowest BCUT2D eigenvalue weighted by atomic mass is 9.98. The summed E-state index contributed by atoms with van der Waals surface area (Å²) in [5, 5.41) is 0. The van der Waals surface area contributed by atoms with Crippen LogP contribution in [0.2, 0.25) is 0 Å². The highest BCUT2D eigenvalue weighted by Gasteiger charge is 2.09. The van der Waals surface area contributed by atoms with Crippen LogP contribution in [0.15, 0.2) is 69.6 Å². The van der Waals surface area contributed by atoms with Crippen LogP contribution in [-0.2, 0) is 0 Å². The topological polar surface area (TPSA) is 12.9 Å². The molecule has 1 heterocycles. The van der Waals surface area contributed by atoms with Crippen LogP contribution in [0.1, 0.15) is 25.3 Å². The molecule has 0 radical (unpaired) electrons. The lowest BCUT2D eigenvalue weighted by Gasteiger charge is -2.12. The summed E-state index contributed by atoms with van der Waals surface area (Å²) < 4.78 is 2.16. The van der Waals surface area contributed by atoms with Crippen LogP contribution in [0.3, 0.4) is 0 Å². The van der Waals surface area contributed by atoms with E-state index in [1.54, 1.807) is 0 Å². The Balaban J connectivity index is 2.13. The van der Waals surface area contributed by atoms with E-state index in [4.69, 9.17) is 4.98 Å². The van der Waals surface area contributed by atoms with Gasteiger partial charge in [0.1, 0.15) is 0 Å². The first-order chi connectivity index (χ1) is 11.0. The zero-order valence-electron chi connectivity index (χ0n) is 13.1. The zero-order chi connectivity index (χ0) is 16.4. The fourth-order valence-corrected chi connectivity index (χ4v) is 2.95. The highest BCUT2D eigenvalue weighted by atomic mass is 79.9. The first-order valence-electron chi connectivity index (χ1n) is 7.57. The molecule has 0 amide bonds. The van der Waals surface area contributed by atoms with Gasteiger partial charge in [-0.05, 0) is 47.9 Å². The Labute approximate surface area is 154 Å². The van der Waals surface area contributed by atoms with E-state index in [1.807, 2.05) is 0 Å². The van der Waals surface area contributed by atoms with Gasteiger partial charge in [0.2, 0.25) is 0 Å². The zero-order valence-corrected chi connectivity index (χ0v) is 16.2. The van der Waals surface area contributed by atoms with Gasteiger partial charge >= 0.3 is 0 Å². The molecule has 0 aliphatic carbocycles. The summed E-state index contributed by atoms with van der Waals surface area (Å²) in [6.45, 7) is 4.43. The fraction of sp³-hybridized carbons (Fsp3) is 0.150. The number of benzene rings is 2. The van der Waals surface area contributed by atoms with Crippen LogP contribution in [0, 0.1) is 0 Å². The second-order valence-electron chi connectivity index (χ2n) is 5.84. The largest absolute Gasteiger partial charge is 0.248 e. The summed E-state index contributed by atoms with van der Waals surface area (Å²) in [4.78, 5) is 4.89. The molecule has 116 valence electrons. The van der Waals surface area contributed by atoms with E-state index in [9.17, 15) is 0 Å². The molecule has 0 aliphatic heterocycles. The standard InChI is InChI=1S/C20H17Br2N/c1-13(2)16-11-19(14-3-7-17(21)8-4-14)23-20(12-16)15-5-9-18(22)10-6-15/h3-13H,1-2H3. The summed E-state index contributed by atoms with van der Waals surface area (Å²) in [6, 6.07) is 21.0. The third-order valence-electron chi connectivity index (χ3n) is 3.79. The monoisotopic (exact) mass is 429 g/mol. The van der Waals surface area contributed by atoms with Crippen molar-refractivity contribution >= 4 is 31.9 Å². The smallest absolute Gasteiger partial charge is 0.0712 e. The van der Waals surface area contributed by atoms with Gasteiger partial charge in [-0.2, -0.15) is 0 Å². The van der Waals surface area contributed by atoms with Crippen LogP contribution >= 0.6 is 31.9 Å². The first kappa shape index (κ1) is 16.4. The van der Waals surface area contributed by atoms with Crippen molar-refractivity contribution in [2.75, 3.05) is 0 Å². The Kier molecular flexibility index (Phi) is 4.98. The Morgan fingerprint density at radius 2 is 1.09 bits per heavy atom. The van der Waals surface area contributed by atoms with Gasteiger partial charge in [0, 0.05) is 20.1 Å². The van der Waals surface area contributed by atoms with E-state index in [2.05, 4.69) is 106 Å². The molecule has 2 aromatic carbocycles. The fourth-order valence-electron chi connectivity index (χ4n) is 2.42. The van der Waals surface area contributed by atoms with Crippen molar-refractivity contribution in [1.82, 2.24) is 4.98 Å². The average Bonchev–Trinajstić information content (AvgIpc) is 2.55. The van der Waals surface area contributed by atoms with Crippen molar-refractivity contribution in [3.05, 3.63) is 75.2 Å². The molecule has 0 bridgehead atoms. The molecule has 0 saturated carbocycles. The Bertz CT molecular complexity index is 742. The van der Waals surface area contributed by atoms with Gasteiger partial charge in [-0.3, -0.25) is 0 Å². The molecule has 0 aliphatic rings. The molecule has 3 heteroatoms. The molecule has 0 unspecified atom stereocenters. The number of aromatic nitrogens is 1. The van der Waals surface area contributed by atoms with Gasteiger partial charge in [-0.25, -0.2) is 4.98 Å². The Hall–Kier alpha value is -1.45. The molecular weight excluding hydrogens is 414 g/mol. The number of hydrogen-bond acceptors (Lipinski definition) is 1. The van der Waals surface area contributed by atoms with Gasteiger partial charge in [0.15, 0.2) is 0 Å². The third-order valence-corrected chi connectivity index (χ3v) is 4.85. The maximum Gasteiger partial charge on any atom is 0.0712 e. The normalized spacial score (nSPS) is 11.0. The SMILES string of the molecule is CC(C)c1cc(-c2ccc(Br)cc2)nc(-c2ccc(Br)cc2)c1. The van der Waals surface area contributed by atoms with E-state index in [-0.39, 0.29) is 0 Å². The van der Waals surface area contributed by atoms with Crippen molar-refractivity contribution in [3.8, 4) is 22.5 Å². The molecule has 0 fully saturated rings. The predicted molar refractivity (Wildman–Crippen MR) is 105 cm³/mol. The van der Waals surface area contributed by atoms with E-state index in [1.165, 1.54) is 5.56 Å². The lowest BCUT2D eigenvalue weighted by molar-refractivity contribution is 0.864. The van der Waals surface area contributed by atoms with Gasteiger partial charge in [0.25, 0.3) is 0 Å². The summed E-state index contributed by atoms with van der Waals surface area (Å²) in [7, 11) is 0. The third kappa shape index (κ3) is 3.91. The molecular formula is C20H17Br2N. The second-order valence-corrected chi connectivity index (χ2v) is 7.67. The number of rotatable bonds is 3. The highest BCUT2D eigenvalue weighted by molar-refractivity contribution is 9.10. The highest BCUT2D eigenvalue weighted by Crippen LogP contribution is 2.29. The van der Waals surface area contributed by atoms with E-state index in [0.717, 1.165) is 31.5 Å². The molecule has 0 atom stereocenters.